The summed E-state index contributed by atoms with van der Waals surface area (Å²) < 4.78 is 0. The van der Waals surface area contributed by atoms with E-state index >= 15 is 0 Å². The molecule has 2 fully saturated rings. The first kappa shape index (κ1) is 11.9. The van der Waals surface area contributed by atoms with Crippen molar-refractivity contribution in [2.45, 2.75) is 63.2 Å². The Hall–Kier alpha value is -0.610. The topological polar surface area (TPSA) is 52.6 Å². The molecule has 2 heterocycles. The van der Waals surface area contributed by atoms with Crippen LogP contribution in [0.1, 0.15) is 39.0 Å². The average Bonchev–Trinajstić information content (AvgIpc) is 2.19. The third kappa shape index (κ3) is 2.38. The van der Waals surface area contributed by atoms with E-state index in [0.29, 0.717) is 18.1 Å². The Kier molecular flexibility index (Phi) is 3.50. The lowest BCUT2D eigenvalue weighted by Gasteiger charge is -2.47. The summed E-state index contributed by atoms with van der Waals surface area (Å²) in [6, 6.07) is 1.28. The molecule has 92 valence electrons. The highest BCUT2D eigenvalue weighted by atomic mass is 16.4. The normalized spacial score (nSPS) is 37.0. The lowest BCUT2D eigenvalue weighted by atomic mass is 9.82. The van der Waals surface area contributed by atoms with Crippen LogP contribution in [0.3, 0.4) is 0 Å². The van der Waals surface area contributed by atoms with Gasteiger partial charge in [0.25, 0.3) is 0 Å². The van der Waals surface area contributed by atoms with Gasteiger partial charge in [0.2, 0.25) is 0 Å². The molecule has 0 spiro atoms. The summed E-state index contributed by atoms with van der Waals surface area (Å²) in [7, 11) is 2.21. The molecule has 2 aliphatic rings. The Bertz CT molecular complexity index is 256. The van der Waals surface area contributed by atoms with E-state index in [2.05, 4.69) is 17.3 Å². The lowest BCUT2D eigenvalue weighted by Crippen LogP contribution is -2.56. The highest BCUT2D eigenvalue weighted by molar-refractivity contribution is 5.72. The molecule has 3 atom stereocenters. The molecule has 0 radical (unpaired) electrons. The molecular formula is C12H22N2O2. The summed E-state index contributed by atoms with van der Waals surface area (Å²) in [5, 5.41) is 12.1. The van der Waals surface area contributed by atoms with Crippen LogP contribution in [-0.4, -0.2) is 47.2 Å². The van der Waals surface area contributed by atoms with Crippen molar-refractivity contribution in [2.75, 3.05) is 7.05 Å². The molecule has 4 heteroatoms. The van der Waals surface area contributed by atoms with Gasteiger partial charge in [0.05, 0.1) is 0 Å². The van der Waals surface area contributed by atoms with Crippen LogP contribution in [-0.2, 0) is 4.79 Å². The van der Waals surface area contributed by atoms with E-state index < -0.39 is 12.0 Å². The van der Waals surface area contributed by atoms with Crippen molar-refractivity contribution in [2.24, 2.45) is 0 Å². The fraction of sp³-hybridized carbons (Fsp3) is 0.917. The summed E-state index contributed by atoms with van der Waals surface area (Å²) in [4.78, 5) is 13.3. The van der Waals surface area contributed by atoms with Gasteiger partial charge in [0.15, 0.2) is 0 Å². The van der Waals surface area contributed by atoms with E-state index in [1.54, 1.807) is 6.92 Å². The van der Waals surface area contributed by atoms with Crippen LogP contribution in [0.2, 0.25) is 0 Å². The number of rotatable bonds is 3. The molecule has 0 saturated carbocycles. The molecule has 2 rings (SSSR count). The van der Waals surface area contributed by atoms with Crippen molar-refractivity contribution in [1.82, 2.24) is 10.2 Å². The van der Waals surface area contributed by atoms with Crippen molar-refractivity contribution < 1.29 is 9.90 Å². The zero-order valence-electron chi connectivity index (χ0n) is 10.1. The Morgan fingerprint density at radius 2 is 1.94 bits per heavy atom. The van der Waals surface area contributed by atoms with Crippen LogP contribution < -0.4 is 5.32 Å². The molecule has 0 aromatic carbocycles. The standard InChI is InChI=1S/C12H22N2O2/c1-8(12(15)16)13-9-6-10-4-3-5-11(7-9)14(10)2/h8-11,13H,3-7H2,1-2H3,(H,15,16). The van der Waals surface area contributed by atoms with Gasteiger partial charge in [-0.15, -0.1) is 0 Å². The SMILES string of the molecule is CC(NC1CC2CCCC(C1)N2C)C(=O)O. The Labute approximate surface area is 97.0 Å². The van der Waals surface area contributed by atoms with Gasteiger partial charge < -0.3 is 15.3 Å². The predicted molar refractivity (Wildman–Crippen MR) is 62.4 cm³/mol. The smallest absolute Gasteiger partial charge is 0.320 e. The third-order valence-electron chi connectivity index (χ3n) is 4.20. The molecule has 2 saturated heterocycles. The monoisotopic (exact) mass is 226 g/mol. The summed E-state index contributed by atoms with van der Waals surface area (Å²) in [6.45, 7) is 1.73. The fourth-order valence-corrected chi connectivity index (χ4v) is 3.18. The Balaban J connectivity index is 1.92. The first-order chi connectivity index (χ1) is 7.58. The summed E-state index contributed by atoms with van der Waals surface area (Å²) in [5.41, 5.74) is 0. The molecule has 16 heavy (non-hydrogen) atoms. The molecule has 0 aliphatic carbocycles. The van der Waals surface area contributed by atoms with E-state index in [0.717, 1.165) is 12.8 Å². The van der Waals surface area contributed by atoms with Gasteiger partial charge in [-0.3, -0.25) is 4.79 Å². The molecule has 4 nitrogen and oxygen atoms in total. The molecule has 2 bridgehead atoms. The maximum Gasteiger partial charge on any atom is 0.320 e. The average molecular weight is 226 g/mol. The maximum absolute atomic E-state index is 10.8. The number of piperidine rings is 2. The molecule has 2 aliphatic heterocycles. The zero-order chi connectivity index (χ0) is 11.7. The number of nitrogens with zero attached hydrogens (tertiary/aromatic N) is 1. The summed E-state index contributed by atoms with van der Waals surface area (Å²) in [6.07, 6.45) is 6.08. The van der Waals surface area contributed by atoms with Gasteiger partial charge in [-0.25, -0.2) is 0 Å². The molecular weight excluding hydrogens is 204 g/mol. The van der Waals surface area contributed by atoms with Crippen LogP contribution in [0.5, 0.6) is 0 Å². The molecule has 2 N–H and O–H groups in total. The van der Waals surface area contributed by atoms with E-state index in [1.165, 1.54) is 19.3 Å². The first-order valence-corrected chi connectivity index (χ1v) is 6.28. The second kappa shape index (κ2) is 4.72. The van der Waals surface area contributed by atoms with Crippen LogP contribution in [0.4, 0.5) is 0 Å². The zero-order valence-corrected chi connectivity index (χ0v) is 10.1. The van der Waals surface area contributed by atoms with Gasteiger partial charge >= 0.3 is 5.97 Å². The number of aliphatic carboxylic acids is 1. The molecule has 0 amide bonds. The van der Waals surface area contributed by atoms with E-state index in [9.17, 15) is 4.79 Å². The van der Waals surface area contributed by atoms with Crippen molar-refractivity contribution in [3.05, 3.63) is 0 Å². The van der Waals surface area contributed by atoms with Gasteiger partial charge in [-0.1, -0.05) is 6.42 Å². The fourth-order valence-electron chi connectivity index (χ4n) is 3.18. The van der Waals surface area contributed by atoms with Gasteiger partial charge in [0.1, 0.15) is 6.04 Å². The summed E-state index contributed by atoms with van der Waals surface area (Å²) >= 11 is 0. The molecule has 0 aromatic heterocycles. The van der Waals surface area contributed by atoms with Gasteiger partial charge in [0, 0.05) is 18.1 Å². The minimum Gasteiger partial charge on any atom is -0.480 e. The van der Waals surface area contributed by atoms with E-state index in [1.807, 2.05) is 0 Å². The lowest BCUT2D eigenvalue weighted by molar-refractivity contribution is -0.139. The molecule has 3 unspecified atom stereocenters. The van der Waals surface area contributed by atoms with Crippen LogP contribution in [0.25, 0.3) is 0 Å². The quantitative estimate of drug-likeness (QED) is 0.755. The second-order valence-corrected chi connectivity index (χ2v) is 5.30. The van der Waals surface area contributed by atoms with E-state index in [-0.39, 0.29) is 0 Å². The summed E-state index contributed by atoms with van der Waals surface area (Å²) in [5.74, 6) is -0.746. The highest BCUT2D eigenvalue weighted by Crippen LogP contribution is 2.32. The van der Waals surface area contributed by atoms with Crippen molar-refractivity contribution in [1.29, 1.82) is 0 Å². The van der Waals surface area contributed by atoms with E-state index in [4.69, 9.17) is 5.11 Å². The number of hydrogen-bond acceptors (Lipinski definition) is 3. The Morgan fingerprint density at radius 3 is 2.44 bits per heavy atom. The minimum absolute atomic E-state index is 0.387. The Morgan fingerprint density at radius 1 is 1.38 bits per heavy atom. The number of hydrogen-bond donors (Lipinski definition) is 2. The number of nitrogens with one attached hydrogen (secondary N) is 1. The van der Waals surface area contributed by atoms with Crippen molar-refractivity contribution >= 4 is 5.97 Å². The largest absolute Gasteiger partial charge is 0.480 e. The van der Waals surface area contributed by atoms with Gasteiger partial charge in [-0.05, 0) is 39.7 Å². The minimum atomic E-state index is -0.746. The predicted octanol–water partition coefficient (Wildman–Crippen LogP) is 1.06. The van der Waals surface area contributed by atoms with Gasteiger partial charge in [-0.2, -0.15) is 0 Å². The highest BCUT2D eigenvalue weighted by Gasteiger charge is 2.36. The molecule has 0 aromatic rings. The van der Waals surface area contributed by atoms with Crippen LogP contribution in [0, 0.1) is 0 Å². The third-order valence-corrected chi connectivity index (χ3v) is 4.20. The van der Waals surface area contributed by atoms with Crippen LogP contribution >= 0.6 is 0 Å². The van der Waals surface area contributed by atoms with Crippen LogP contribution in [0.15, 0.2) is 0 Å². The first-order valence-electron chi connectivity index (χ1n) is 6.28. The number of carbonyl (C=O) groups is 1. The van der Waals surface area contributed by atoms with Crippen molar-refractivity contribution in [3.63, 3.8) is 0 Å². The number of carboxylic acid groups (broad SMARTS) is 1. The van der Waals surface area contributed by atoms with Crippen molar-refractivity contribution in [3.8, 4) is 0 Å². The number of fused-ring (bicyclic) bond motifs is 2. The second-order valence-electron chi connectivity index (χ2n) is 5.30. The number of carboxylic acids is 1. The maximum atomic E-state index is 10.8.